The molecule has 1 fully saturated rings. The van der Waals surface area contributed by atoms with Crippen LogP contribution in [0.15, 0.2) is 23.0 Å². The number of carbonyl (C=O) groups is 1. The highest BCUT2D eigenvalue weighted by Gasteiger charge is 2.30. The van der Waals surface area contributed by atoms with Crippen LogP contribution in [0.2, 0.25) is 0 Å². The molecule has 1 aliphatic rings. The molecule has 1 atom stereocenters. The van der Waals surface area contributed by atoms with E-state index in [0.29, 0.717) is 25.3 Å². The summed E-state index contributed by atoms with van der Waals surface area (Å²) in [5.74, 6) is -0.130. The number of amides is 1. The quantitative estimate of drug-likeness (QED) is 0.845. The molecule has 3 heterocycles. The summed E-state index contributed by atoms with van der Waals surface area (Å²) in [7, 11) is 0. The number of hydrogen-bond acceptors (Lipinski definition) is 6. The molecule has 7 nitrogen and oxygen atoms in total. The van der Waals surface area contributed by atoms with Gasteiger partial charge in [-0.25, -0.2) is 14.4 Å². The van der Waals surface area contributed by atoms with Gasteiger partial charge in [0.05, 0.1) is 18.9 Å². The van der Waals surface area contributed by atoms with Crippen LogP contribution in [0.3, 0.4) is 0 Å². The highest BCUT2D eigenvalue weighted by molar-refractivity contribution is 5.92. The normalized spacial score (nSPS) is 18.0. The van der Waals surface area contributed by atoms with Crippen molar-refractivity contribution in [1.29, 1.82) is 0 Å². The molecule has 2 aromatic heterocycles. The van der Waals surface area contributed by atoms with Crippen LogP contribution in [0.5, 0.6) is 6.01 Å². The Morgan fingerprint density at radius 3 is 2.90 bits per heavy atom. The lowest BCUT2D eigenvalue weighted by Gasteiger charge is -2.15. The molecule has 0 N–H and O–H groups in total. The second-order valence-corrected chi connectivity index (χ2v) is 4.79. The Labute approximate surface area is 119 Å². The average molecular weight is 292 g/mol. The van der Waals surface area contributed by atoms with E-state index in [1.807, 2.05) is 0 Å². The zero-order valence-electron chi connectivity index (χ0n) is 11.3. The molecule has 0 aliphatic carbocycles. The summed E-state index contributed by atoms with van der Waals surface area (Å²) in [6.45, 7) is 2.69. The summed E-state index contributed by atoms with van der Waals surface area (Å²) in [6.07, 6.45) is 2.52. The Morgan fingerprint density at radius 1 is 1.48 bits per heavy atom. The standard InChI is InChI=1S/C13H13FN4O3/c1-8-4-11(17-21-8)12(19)18-3-2-10(7-18)20-13-15-5-9(14)6-16-13/h4-6,10H,2-3,7H2,1H3/t10-/m1/s1. The first-order chi connectivity index (χ1) is 10.1. The van der Waals surface area contributed by atoms with Crippen molar-refractivity contribution < 1.29 is 18.4 Å². The Hall–Kier alpha value is -2.51. The smallest absolute Gasteiger partial charge is 0.316 e. The fraction of sp³-hybridized carbons (Fsp3) is 0.385. The van der Waals surface area contributed by atoms with E-state index in [0.717, 1.165) is 12.4 Å². The SMILES string of the molecule is Cc1cc(C(=O)N2CC[C@@H](Oc3ncc(F)cn3)C2)no1. The van der Waals surface area contributed by atoms with Crippen molar-refractivity contribution in [1.82, 2.24) is 20.0 Å². The zero-order valence-corrected chi connectivity index (χ0v) is 11.3. The summed E-state index contributed by atoms with van der Waals surface area (Å²) in [5, 5.41) is 3.71. The lowest BCUT2D eigenvalue weighted by molar-refractivity contribution is 0.0759. The van der Waals surface area contributed by atoms with Crippen LogP contribution >= 0.6 is 0 Å². The Balaban J connectivity index is 1.60. The molecule has 0 spiro atoms. The van der Waals surface area contributed by atoms with Crippen LogP contribution in [0.25, 0.3) is 0 Å². The first-order valence-electron chi connectivity index (χ1n) is 6.48. The van der Waals surface area contributed by atoms with Crippen molar-refractivity contribution in [2.24, 2.45) is 0 Å². The van der Waals surface area contributed by atoms with Crippen molar-refractivity contribution in [2.75, 3.05) is 13.1 Å². The van der Waals surface area contributed by atoms with E-state index in [9.17, 15) is 9.18 Å². The van der Waals surface area contributed by atoms with Gasteiger partial charge in [-0.2, -0.15) is 0 Å². The first kappa shape index (κ1) is 13.5. The summed E-state index contributed by atoms with van der Waals surface area (Å²) in [6, 6.07) is 1.70. The monoisotopic (exact) mass is 292 g/mol. The number of halogens is 1. The van der Waals surface area contributed by atoms with Crippen molar-refractivity contribution in [2.45, 2.75) is 19.4 Å². The third kappa shape index (κ3) is 2.99. The van der Waals surface area contributed by atoms with Gasteiger partial charge in [-0.15, -0.1) is 0 Å². The molecule has 1 aliphatic heterocycles. The second-order valence-electron chi connectivity index (χ2n) is 4.79. The molecule has 0 saturated carbocycles. The molecule has 2 aromatic rings. The van der Waals surface area contributed by atoms with E-state index >= 15 is 0 Å². The van der Waals surface area contributed by atoms with Gasteiger partial charge in [0, 0.05) is 19.0 Å². The van der Waals surface area contributed by atoms with Gasteiger partial charge in [0.2, 0.25) is 0 Å². The van der Waals surface area contributed by atoms with E-state index in [1.165, 1.54) is 0 Å². The van der Waals surface area contributed by atoms with E-state index in [2.05, 4.69) is 15.1 Å². The lowest BCUT2D eigenvalue weighted by atomic mass is 10.3. The van der Waals surface area contributed by atoms with Gasteiger partial charge in [0.25, 0.3) is 5.91 Å². The highest BCUT2D eigenvalue weighted by atomic mass is 19.1. The summed E-state index contributed by atoms with van der Waals surface area (Å²) in [5.41, 5.74) is 0.284. The minimum atomic E-state index is -0.521. The van der Waals surface area contributed by atoms with E-state index < -0.39 is 5.82 Å². The lowest BCUT2D eigenvalue weighted by Crippen LogP contribution is -2.31. The fourth-order valence-corrected chi connectivity index (χ4v) is 2.15. The van der Waals surface area contributed by atoms with E-state index in [1.54, 1.807) is 17.9 Å². The van der Waals surface area contributed by atoms with Crippen LogP contribution in [0.4, 0.5) is 4.39 Å². The van der Waals surface area contributed by atoms with Gasteiger partial charge < -0.3 is 14.2 Å². The van der Waals surface area contributed by atoms with E-state index in [-0.39, 0.29) is 23.7 Å². The summed E-state index contributed by atoms with van der Waals surface area (Å²) in [4.78, 5) is 21.3. The molecule has 21 heavy (non-hydrogen) atoms. The van der Waals surface area contributed by atoms with Gasteiger partial charge in [-0.1, -0.05) is 5.16 Å². The Kier molecular flexibility index (Phi) is 3.51. The average Bonchev–Trinajstić information content (AvgIpc) is 3.10. The van der Waals surface area contributed by atoms with Crippen LogP contribution < -0.4 is 4.74 Å². The van der Waals surface area contributed by atoms with Crippen LogP contribution in [0, 0.1) is 12.7 Å². The Morgan fingerprint density at radius 2 is 2.24 bits per heavy atom. The highest BCUT2D eigenvalue weighted by Crippen LogP contribution is 2.17. The number of hydrogen-bond donors (Lipinski definition) is 0. The molecule has 3 rings (SSSR count). The molecule has 0 aromatic carbocycles. The number of aromatic nitrogens is 3. The maximum absolute atomic E-state index is 12.7. The molecule has 110 valence electrons. The van der Waals surface area contributed by atoms with Gasteiger partial charge >= 0.3 is 6.01 Å². The van der Waals surface area contributed by atoms with E-state index in [4.69, 9.17) is 9.26 Å². The molecule has 1 amide bonds. The van der Waals surface area contributed by atoms with Gasteiger partial charge in [0.1, 0.15) is 11.9 Å². The summed E-state index contributed by atoms with van der Waals surface area (Å²) >= 11 is 0. The number of nitrogens with zero attached hydrogens (tertiary/aromatic N) is 4. The molecular weight excluding hydrogens is 279 g/mol. The van der Waals surface area contributed by atoms with Crippen molar-refractivity contribution >= 4 is 5.91 Å². The molecular formula is C13H13FN4O3. The number of carbonyl (C=O) groups excluding carboxylic acids is 1. The third-order valence-electron chi connectivity index (χ3n) is 3.15. The van der Waals surface area contributed by atoms with Crippen LogP contribution in [0.1, 0.15) is 22.7 Å². The predicted octanol–water partition coefficient (Wildman–Crippen LogP) is 1.21. The number of rotatable bonds is 3. The number of likely N-dealkylation sites (tertiary alicyclic amines) is 1. The second kappa shape index (κ2) is 5.47. The topological polar surface area (TPSA) is 81.4 Å². The fourth-order valence-electron chi connectivity index (χ4n) is 2.15. The summed E-state index contributed by atoms with van der Waals surface area (Å²) < 4.78 is 23.1. The zero-order chi connectivity index (χ0) is 14.8. The number of aryl methyl sites for hydroxylation is 1. The van der Waals surface area contributed by atoms with Crippen molar-refractivity contribution in [3.05, 3.63) is 35.7 Å². The maximum Gasteiger partial charge on any atom is 0.316 e. The van der Waals surface area contributed by atoms with Crippen molar-refractivity contribution in [3.63, 3.8) is 0 Å². The molecule has 0 unspecified atom stereocenters. The first-order valence-corrected chi connectivity index (χ1v) is 6.48. The molecule has 0 radical (unpaired) electrons. The molecule has 1 saturated heterocycles. The number of ether oxygens (including phenoxy) is 1. The molecule has 0 bridgehead atoms. The van der Waals surface area contributed by atoms with Crippen LogP contribution in [-0.2, 0) is 0 Å². The molecule has 8 heteroatoms. The van der Waals surface area contributed by atoms with Crippen molar-refractivity contribution in [3.8, 4) is 6.01 Å². The predicted molar refractivity (Wildman–Crippen MR) is 68.2 cm³/mol. The van der Waals surface area contributed by atoms with Gasteiger partial charge in [0.15, 0.2) is 11.5 Å². The minimum absolute atomic E-state index is 0.105. The van der Waals surface area contributed by atoms with Gasteiger partial charge in [-0.05, 0) is 6.92 Å². The third-order valence-corrected chi connectivity index (χ3v) is 3.15. The van der Waals surface area contributed by atoms with Gasteiger partial charge in [-0.3, -0.25) is 4.79 Å². The largest absolute Gasteiger partial charge is 0.458 e. The Bertz CT molecular complexity index is 643. The van der Waals surface area contributed by atoms with Crippen LogP contribution in [-0.4, -0.2) is 45.1 Å². The maximum atomic E-state index is 12.7. The minimum Gasteiger partial charge on any atom is -0.458 e.